The zero-order valence-corrected chi connectivity index (χ0v) is 7.82. The summed E-state index contributed by atoms with van der Waals surface area (Å²) in [5.41, 5.74) is 1.71. The van der Waals surface area contributed by atoms with Crippen LogP contribution in [0, 0.1) is 11.8 Å². The monoisotopic (exact) mass is 186 g/mol. The van der Waals surface area contributed by atoms with Gasteiger partial charge < -0.3 is 9.52 Å². The van der Waals surface area contributed by atoms with E-state index in [-0.39, 0.29) is 0 Å². The molecule has 1 aromatic carbocycles. The Balaban J connectivity index is 2.53. The van der Waals surface area contributed by atoms with Gasteiger partial charge in [0.05, 0.1) is 6.26 Å². The van der Waals surface area contributed by atoms with Gasteiger partial charge in [-0.1, -0.05) is 17.9 Å². The van der Waals surface area contributed by atoms with Gasteiger partial charge in [-0.3, -0.25) is 0 Å². The van der Waals surface area contributed by atoms with E-state index in [9.17, 15) is 0 Å². The molecular weight excluding hydrogens is 176 g/mol. The van der Waals surface area contributed by atoms with E-state index in [4.69, 9.17) is 9.52 Å². The van der Waals surface area contributed by atoms with Gasteiger partial charge in [0, 0.05) is 10.9 Å². The van der Waals surface area contributed by atoms with E-state index in [0.717, 1.165) is 16.5 Å². The third kappa shape index (κ3) is 1.63. The second-order valence-electron chi connectivity index (χ2n) is 3.08. The summed E-state index contributed by atoms with van der Waals surface area (Å²) in [4.78, 5) is 0. The van der Waals surface area contributed by atoms with E-state index in [2.05, 4.69) is 11.8 Å². The van der Waals surface area contributed by atoms with Crippen LogP contribution in [0.25, 0.3) is 11.0 Å². The van der Waals surface area contributed by atoms with Gasteiger partial charge in [-0.25, -0.2) is 0 Å². The lowest BCUT2D eigenvalue weighted by Gasteiger charge is -1.93. The van der Waals surface area contributed by atoms with Crippen molar-refractivity contribution < 1.29 is 9.52 Å². The lowest BCUT2D eigenvalue weighted by Crippen LogP contribution is -1.92. The molecule has 1 atom stereocenters. The first-order valence-electron chi connectivity index (χ1n) is 4.43. The highest BCUT2D eigenvalue weighted by Crippen LogP contribution is 2.18. The van der Waals surface area contributed by atoms with Crippen molar-refractivity contribution in [2.24, 2.45) is 0 Å². The average molecular weight is 186 g/mol. The van der Waals surface area contributed by atoms with Crippen molar-refractivity contribution >= 4 is 11.0 Å². The topological polar surface area (TPSA) is 33.4 Å². The normalized spacial score (nSPS) is 12.1. The molecule has 0 bridgehead atoms. The van der Waals surface area contributed by atoms with Crippen LogP contribution >= 0.6 is 0 Å². The number of aliphatic hydroxyl groups is 1. The highest BCUT2D eigenvalue weighted by Gasteiger charge is 1.99. The fourth-order valence-electron chi connectivity index (χ4n) is 1.29. The van der Waals surface area contributed by atoms with Crippen LogP contribution in [0.4, 0.5) is 0 Å². The number of fused-ring (bicyclic) bond motifs is 1. The predicted octanol–water partition coefficient (Wildman–Crippen LogP) is 2.17. The van der Waals surface area contributed by atoms with Crippen LogP contribution < -0.4 is 0 Å². The Labute approximate surface area is 82.2 Å². The van der Waals surface area contributed by atoms with E-state index < -0.39 is 6.10 Å². The minimum absolute atomic E-state index is 0.600. The second-order valence-corrected chi connectivity index (χ2v) is 3.08. The van der Waals surface area contributed by atoms with Gasteiger partial charge in [-0.2, -0.15) is 0 Å². The van der Waals surface area contributed by atoms with Crippen LogP contribution in [0.2, 0.25) is 0 Å². The summed E-state index contributed by atoms with van der Waals surface area (Å²) >= 11 is 0. The largest absolute Gasteiger partial charge is 0.464 e. The zero-order valence-electron chi connectivity index (χ0n) is 7.82. The first-order chi connectivity index (χ1) is 6.77. The number of hydrogen-bond donors (Lipinski definition) is 1. The van der Waals surface area contributed by atoms with Gasteiger partial charge in [-0.05, 0) is 25.1 Å². The fourth-order valence-corrected chi connectivity index (χ4v) is 1.29. The molecule has 2 rings (SSSR count). The molecule has 0 saturated heterocycles. The summed E-state index contributed by atoms with van der Waals surface area (Å²) < 4.78 is 5.24. The van der Waals surface area contributed by atoms with Gasteiger partial charge in [0.1, 0.15) is 11.7 Å². The Morgan fingerprint density at radius 2 is 2.21 bits per heavy atom. The molecule has 1 heterocycles. The second kappa shape index (κ2) is 3.57. The van der Waals surface area contributed by atoms with Crippen LogP contribution in [0.5, 0.6) is 0 Å². The van der Waals surface area contributed by atoms with Crippen molar-refractivity contribution in [3.8, 4) is 11.8 Å². The molecule has 0 saturated carbocycles. The third-order valence-corrected chi connectivity index (χ3v) is 1.91. The molecule has 0 aliphatic carbocycles. The van der Waals surface area contributed by atoms with Crippen LogP contribution in [0.3, 0.4) is 0 Å². The van der Waals surface area contributed by atoms with Crippen LogP contribution in [-0.2, 0) is 0 Å². The Bertz CT molecular complexity index is 498. The molecular formula is C12H10O2. The lowest BCUT2D eigenvalue weighted by atomic mass is 10.1. The van der Waals surface area contributed by atoms with Crippen molar-refractivity contribution in [1.29, 1.82) is 0 Å². The summed E-state index contributed by atoms with van der Waals surface area (Å²) in [6.07, 6.45) is 1.04. The molecule has 0 amide bonds. The number of furan rings is 1. The summed E-state index contributed by atoms with van der Waals surface area (Å²) in [6.45, 7) is 1.64. The van der Waals surface area contributed by atoms with Crippen molar-refractivity contribution in [2.75, 3.05) is 0 Å². The lowest BCUT2D eigenvalue weighted by molar-refractivity contribution is 0.253. The first kappa shape index (κ1) is 8.86. The van der Waals surface area contributed by atoms with E-state index in [1.165, 1.54) is 0 Å². The summed E-state index contributed by atoms with van der Waals surface area (Å²) in [5.74, 6) is 5.62. The Morgan fingerprint density at radius 1 is 1.36 bits per heavy atom. The summed E-state index contributed by atoms with van der Waals surface area (Å²) in [6, 6.07) is 7.56. The van der Waals surface area contributed by atoms with Crippen molar-refractivity contribution in [3.63, 3.8) is 0 Å². The van der Waals surface area contributed by atoms with E-state index in [0.29, 0.717) is 0 Å². The van der Waals surface area contributed by atoms with Crippen molar-refractivity contribution in [3.05, 3.63) is 36.1 Å². The minimum Gasteiger partial charge on any atom is -0.464 e. The maximum Gasteiger partial charge on any atom is 0.135 e. The Morgan fingerprint density at radius 3 is 3.00 bits per heavy atom. The molecule has 0 radical (unpaired) electrons. The van der Waals surface area contributed by atoms with Crippen LogP contribution in [0.1, 0.15) is 12.5 Å². The molecule has 1 unspecified atom stereocenters. The van der Waals surface area contributed by atoms with Crippen LogP contribution in [-0.4, -0.2) is 11.2 Å². The van der Waals surface area contributed by atoms with Gasteiger partial charge in [0.25, 0.3) is 0 Å². The van der Waals surface area contributed by atoms with Crippen LogP contribution in [0.15, 0.2) is 34.9 Å². The maximum atomic E-state index is 9.04. The van der Waals surface area contributed by atoms with E-state index >= 15 is 0 Å². The predicted molar refractivity (Wildman–Crippen MR) is 54.8 cm³/mol. The molecule has 14 heavy (non-hydrogen) atoms. The zero-order chi connectivity index (χ0) is 9.97. The number of aliphatic hydroxyl groups excluding tert-OH is 1. The number of hydrogen-bond acceptors (Lipinski definition) is 2. The highest BCUT2D eigenvalue weighted by atomic mass is 16.3. The maximum absolute atomic E-state index is 9.04. The van der Waals surface area contributed by atoms with E-state index in [1.54, 1.807) is 13.2 Å². The third-order valence-electron chi connectivity index (χ3n) is 1.91. The number of rotatable bonds is 0. The van der Waals surface area contributed by atoms with Gasteiger partial charge in [-0.15, -0.1) is 0 Å². The smallest absolute Gasteiger partial charge is 0.135 e. The van der Waals surface area contributed by atoms with E-state index in [1.807, 2.05) is 24.3 Å². The van der Waals surface area contributed by atoms with Gasteiger partial charge in [0.15, 0.2) is 0 Å². The SMILES string of the molecule is CC(O)C#Cc1cccc2occc12. The average Bonchev–Trinajstić information content (AvgIpc) is 2.62. The quantitative estimate of drug-likeness (QED) is 0.639. The molecule has 70 valence electrons. The Hall–Kier alpha value is -1.72. The molecule has 2 aromatic rings. The molecule has 2 nitrogen and oxygen atoms in total. The van der Waals surface area contributed by atoms with Crippen molar-refractivity contribution in [2.45, 2.75) is 13.0 Å². The fraction of sp³-hybridized carbons (Fsp3) is 0.167. The molecule has 0 aliphatic heterocycles. The Kier molecular flexibility index (Phi) is 2.26. The molecule has 0 fully saturated rings. The summed E-state index contributed by atoms with van der Waals surface area (Å²) in [7, 11) is 0. The van der Waals surface area contributed by atoms with Gasteiger partial charge >= 0.3 is 0 Å². The minimum atomic E-state index is -0.600. The van der Waals surface area contributed by atoms with Crippen molar-refractivity contribution in [1.82, 2.24) is 0 Å². The summed E-state index contributed by atoms with van der Waals surface area (Å²) in [5, 5.41) is 10.0. The van der Waals surface area contributed by atoms with Gasteiger partial charge in [0.2, 0.25) is 0 Å². The molecule has 0 spiro atoms. The first-order valence-corrected chi connectivity index (χ1v) is 4.43. The molecule has 1 N–H and O–H groups in total. The molecule has 1 aromatic heterocycles. The standard InChI is InChI=1S/C12H10O2/c1-9(13)5-6-10-3-2-4-12-11(10)7-8-14-12/h2-4,7-9,13H,1H3. The molecule has 0 aliphatic rings. The highest BCUT2D eigenvalue weighted by molar-refractivity contribution is 5.83. The number of benzene rings is 1. The molecule has 2 heteroatoms.